The number of hydrogen-bond donors (Lipinski definition) is 2. The SMILES string of the molecule is Cc1ccc(-c2noc(C(C)N3CCN(S(=O)(=O)c4ccc5[nH]c(=O)[nH]c5c4)CC3)n2)cc1F. The molecule has 12 heteroatoms. The lowest BCUT2D eigenvalue weighted by Gasteiger charge is -2.36. The number of aryl methyl sites for hydroxylation is 1. The minimum atomic E-state index is -3.71. The number of benzene rings is 2. The molecule has 1 aliphatic heterocycles. The van der Waals surface area contributed by atoms with Gasteiger partial charge in [-0.05, 0) is 43.7 Å². The monoisotopic (exact) mass is 486 g/mol. The van der Waals surface area contributed by atoms with Crippen molar-refractivity contribution in [3.05, 3.63) is 64.2 Å². The van der Waals surface area contributed by atoms with E-state index in [2.05, 4.69) is 25.0 Å². The van der Waals surface area contributed by atoms with Crippen molar-refractivity contribution in [3.8, 4) is 11.4 Å². The quantitative estimate of drug-likeness (QED) is 0.443. The van der Waals surface area contributed by atoms with E-state index in [9.17, 15) is 17.6 Å². The number of nitrogens with zero attached hydrogens (tertiary/aromatic N) is 4. The number of hydrogen-bond acceptors (Lipinski definition) is 7. The Hall–Kier alpha value is -3.35. The second kappa shape index (κ2) is 8.46. The van der Waals surface area contributed by atoms with Gasteiger partial charge in [0.2, 0.25) is 21.7 Å². The summed E-state index contributed by atoms with van der Waals surface area (Å²) >= 11 is 0. The topological polar surface area (TPSA) is 128 Å². The molecule has 1 atom stereocenters. The first-order valence-electron chi connectivity index (χ1n) is 10.8. The minimum Gasteiger partial charge on any atom is -0.337 e. The van der Waals surface area contributed by atoms with E-state index in [4.69, 9.17) is 4.52 Å². The maximum atomic E-state index is 13.9. The Bertz CT molecular complexity index is 1520. The Morgan fingerprint density at radius 2 is 1.79 bits per heavy atom. The maximum Gasteiger partial charge on any atom is 0.323 e. The van der Waals surface area contributed by atoms with Crippen molar-refractivity contribution in [1.82, 2.24) is 29.3 Å². The molecule has 1 unspecified atom stereocenters. The lowest BCUT2D eigenvalue weighted by molar-refractivity contribution is 0.124. The van der Waals surface area contributed by atoms with Crippen molar-refractivity contribution in [3.63, 3.8) is 0 Å². The Labute approximate surface area is 194 Å². The first kappa shape index (κ1) is 22.4. The van der Waals surface area contributed by atoms with Crippen molar-refractivity contribution in [2.75, 3.05) is 26.2 Å². The van der Waals surface area contributed by atoms with Crippen LogP contribution in [-0.4, -0.2) is 63.9 Å². The molecule has 2 aromatic heterocycles. The average molecular weight is 487 g/mol. The molecule has 5 rings (SSSR count). The Morgan fingerprint density at radius 3 is 2.53 bits per heavy atom. The van der Waals surface area contributed by atoms with Crippen LogP contribution in [-0.2, 0) is 10.0 Å². The number of halogens is 1. The van der Waals surface area contributed by atoms with Crippen LogP contribution in [0.15, 0.2) is 50.6 Å². The summed E-state index contributed by atoms with van der Waals surface area (Å²) in [6, 6.07) is 9.07. The first-order chi connectivity index (χ1) is 16.2. The third-order valence-electron chi connectivity index (χ3n) is 6.18. The van der Waals surface area contributed by atoms with Crippen molar-refractivity contribution < 1.29 is 17.3 Å². The lowest BCUT2D eigenvalue weighted by atomic mass is 10.1. The second-order valence-electron chi connectivity index (χ2n) is 8.32. The summed E-state index contributed by atoms with van der Waals surface area (Å²) in [6.07, 6.45) is 0. The zero-order valence-corrected chi connectivity index (χ0v) is 19.4. The number of rotatable bonds is 5. The number of aromatic amines is 2. The fourth-order valence-corrected chi connectivity index (χ4v) is 5.51. The zero-order chi connectivity index (χ0) is 24.0. The molecular formula is C22H23FN6O4S. The molecule has 1 saturated heterocycles. The summed E-state index contributed by atoms with van der Waals surface area (Å²) < 4.78 is 47.0. The average Bonchev–Trinajstić information content (AvgIpc) is 3.46. The summed E-state index contributed by atoms with van der Waals surface area (Å²) in [5.41, 5.74) is 1.68. The van der Waals surface area contributed by atoms with E-state index >= 15 is 0 Å². The fourth-order valence-electron chi connectivity index (χ4n) is 4.06. The minimum absolute atomic E-state index is 0.128. The predicted octanol–water partition coefficient (Wildman–Crippen LogP) is 2.42. The van der Waals surface area contributed by atoms with Gasteiger partial charge in [-0.3, -0.25) is 4.90 Å². The number of H-pyrrole nitrogens is 2. The van der Waals surface area contributed by atoms with Crippen LogP contribution in [0.1, 0.15) is 24.4 Å². The van der Waals surface area contributed by atoms with Crippen LogP contribution in [0.4, 0.5) is 4.39 Å². The summed E-state index contributed by atoms with van der Waals surface area (Å²) in [5, 5.41) is 3.98. The first-order valence-corrected chi connectivity index (χ1v) is 12.2. The number of aromatic nitrogens is 4. The molecule has 1 fully saturated rings. The van der Waals surface area contributed by atoms with Crippen LogP contribution < -0.4 is 5.69 Å². The molecule has 3 heterocycles. The van der Waals surface area contributed by atoms with Gasteiger partial charge in [0.1, 0.15) is 5.82 Å². The number of piperazine rings is 1. The standard InChI is InChI=1S/C22H23FN6O4S/c1-13-3-4-15(11-17(13)23)20-26-21(33-27-20)14(2)28-7-9-29(10-8-28)34(31,32)16-5-6-18-19(12-16)25-22(30)24-18/h3-6,11-12,14H,7-10H2,1-2H3,(H2,24,25,30). The van der Waals surface area contributed by atoms with Crippen molar-refractivity contribution >= 4 is 21.1 Å². The summed E-state index contributed by atoms with van der Waals surface area (Å²) in [7, 11) is -3.71. The third-order valence-corrected chi connectivity index (χ3v) is 8.07. The predicted molar refractivity (Wildman–Crippen MR) is 122 cm³/mol. The van der Waals surface area contributed by atoms with Crippen molar-refractivity contribution in [2.45, 2.75) is 24.8 Å². The molecule has 0 amide bonds. The smallest absolute Gasteiger partial charge is 0.323 e. The highest BCUT2D eigenvalue weighted by atomic mass is 32.2. The Kier molecular flexibility index (Phi) is 5.58. The number of fused-ring (bicyclic) bond motifs is 1. The fraction of sp³-hybridized carbons (Fsp3) is 0.318. The molecule has 0 bridgehead atoms. The molecule has 34 heavy (non-hydrogen) atoms. The van der Waals surface area contributed by atoms with Crippen LogP contribution in [0.2, 0.25) is 0 Å². The zero-order valence-electron chi connectivity index (χ0n) is 18.6. The van der Waals surface area contributed by atoms with Gasteiger partial charge in [-0.15, -0.1) is 0 Å². The van der Waals surface area contributed by atoms with E-state index in [1.807, 2.05) is 6.92 Å². The molecule has 0 spiro atoms. The second-order valence-corrected chi connectivity index (χ2v) is 10.3. The summed E-state index contributed by atoms with van der Waals surface area (Å²) in [4.78, 5) is 23.3. The van der Waals surface area contributed by atoms with Crippen molar-refractivity contribution in [2.24, 2.45) is 0 Å². The van der Waals surface area contributed by atoms with Gasteiger partial charge in [0.15, 0.2) is 0 Å². The van der Waals surface area contributed by atoms with Gasteiger partial charge in [-0.1, -0.05) is 17.3 Å². The van der Waals surface area contributed by atoms with Gasteiger partial charge in [0.25, 0.3) is 0 Å². The normalized spacial score (nSPS) is 16.8. The molecule has 2 N–H and O–H groups in total. The van der Waals surface area contributed by atoms with E-state index in [0.717, 1.165) is 0 Å². The van der Waals surface area contributed by atoms with Gasteiger partial charge in [-0.25, -0.2) is 17.6 Å². The van der Waals surface area contributed by atoms with Gasteiger partial charge >= 0.3 is 5.69 Å². The van der Waals surface area contributed by atoms with Crippen molar-refractivity contribution in [1.29, 1.82) is 0 Å². The Morgan fingerprint density at radius 1 is 1.06 bits per heavy atom. The van der Waals surface area contributed by atoms with E-state index in [1.165, 1.54) is 22.5 Å². The largest absolute Gasteiger partial charge is 0.337 e. The van der Waals surface area contributed by atoms with E-state index in [-0.39, 0.29) is 22.4 Å². The molecule has 2 aromatic carbocycles. The highest BCUT2D eigenvalue weighted by Gasteiger charge is 2.32. The summed E-state index contributed by atoms with van der Waals surface area (Å²) in [6.45, 7) is 5.12. The van der Waals surface area contributed by atoms with E-state index in [0.29, 0.717) is 60.1 Å². The van der Waals surface area contributed by atoms with E-state index in [1.54, 1.807) is 25.1 Å². The van der Waals surface area contributed by atoms with Crippen LogP contribution in [0.3, 0.4) is 0 Å². The summed E-state index contributed by atoms with van der Waals surface area (Å²) in [5.74, 6) is 0.352. The Balaban J connectivity index is 1.27. The molecule has 10 nitrogen and oxygen atoms in total. The van der Waals surface area contributed by atoms with Gasteiger partial charge < -0.3 is 14.5 Å². The molecular weight excluding hydrogens is 463 g/mol. The molecule has 1 aliphatic rings. The van der Waals surface area contributed by atoms with Gasteiger partial charge in [0.05, 0.1) is 22.0 Å². The lowest BCUT2D eigenvalue weighted by Crippen LogP contribution is -2.49. The van der Waals surface area contributed by atoms with Crippen LogP contribution in [0.25, 0.3) is 22.4 Å². The number of imidazole rings is 1. The highest BCUT2D eigenvalue weighted by Crippen LogP contribution is 2.26. The van der Waals surface area contributed by atoms with Crippen LogP contribution in [0, 0.1) is 12.7 Å². The molecule has 0 aliphatic carbocycles. The molecule has 178 valence electrons. The number of nitrogens with one attached hydrogen (secondary N) is 2. The van der Waals surface area contributed by atoms with Crippen LogP contribution >= 0.6 is 0 Å². The molecule has 0 radical (unpaired) electrons. The van der Waals surface area contributed by atoms with Crippen LogP contribution in [0.5, 0.6) is 0 Å². The molecule has 4 aromatic rings. The van der Waals surface area contributed by atoms with Gasteiger partial charge in [0, 0.05) is 31.7 Å². The third kappa shape index (κ3) is 4.04. The van der Waals surface area contributed by atoms with Gasteiger partial charge in [-0.2, -0.15) is 9.29 Å². The highest BCUT2D eigenvalue weighted by molar-refractivity contribution is 7.89. The maximum absolute atomic E-state index is 13.9. The molecule has 0 saturated carbocycles. The number of sulfonamides is 1. The van der Waals surface area contributed by atoms with E-state index < -0.39 is 10.0 Å².